The van der Waals surface area contributed by atoms with E-state index in [9.17, 15) is 17.2 Å². The number of nitrogens with zero attached hydrogens (tertiary/aromatic N) is 4. The van der Waals surface area contributed by atoms with Gasteiger partial charge in [0.2, 0.25) is 10.0 Å². The number of hydrogen-bond donors (Lipinski definition) is 0. The van der Waals surface area contributed by atoms with E-state index >= 15 is 0 Å². The quantitative estimate of drug-likeness (QED) is 0.476. The molecule has 2 aliphatic heterocycles. The van der Waals surface area contributed by atoms with Gasteiger partial charge in [0.25, 0.3) is 0 Å². The van der Waals surface area contributed by atoms with Crippen LogP contribution in [0.4, 0.5) is 8.78 Å². The number of nitriles is 1. The van der Waals surface area contributed by atoms with E-state index in [1.165, 1.54) is 22.7 Å². The summed E-state index contributed by atoms with van der Waals surface area (Å²) in [5.41, 5.74) is 2.50. The molecule has 2 atom stereocenters. The van der Waals surface area contributed by atoms with Gasteiger partial charge < -0.3 is 9.47 Å². The highest BCUT2D eigenvalue weighted by molar-refractivity contribution is 7.88. The van der Waals surface area contributed by atoms with Crippen molar-refractivity contribution in [3.05, 3.63) is 65.2 Å². The summed E-state index contributed by atoms with van der Waals surface area (Å²) in [5, 5.41) is 8.97. The SMILES string of the molecule is CS(=O)(=O)N(CCN1CC2CN(Cc3ccc(C#N)cc3)CC(C1)O2)Cc1ccc(OC(F)F)cc1. The summed E-state index contributed by atoms with van der Waals surface area (Å²) in [6, 6.07) is 15.8. The molecule has 0 spiro atoms. The number of rotatable bonds is 10. The number of hydrogen-bond acceptors (Lipinski definition) is 7. The van der Waals surface area contributed by atoms with Crippen LogP contribution in [0.3, 0.4) is 0 Å². The number of fused-ring (bicyclic) bond motifs is 2. The molecule has 0 aliphatic carbocycles. The van der Waals surface area contributed by atoms with E-state index in [4.69, 9.17) is 10.00 Å². The molecule has 0 N–H and O–H groups in total. The zero-order valence-electron chi connectivity index (χ0n) is 20.1. The standard InChI is InChI=1S/C25H30F2N4O4S/c1-36(32,33)31(14-21-6-8-22(9-7-21)35-25(26)27)11-10-29-15-23-17-30(18-24(16-29)34-23)13-20-4-2-19(12-28)3-5-20/h2-9,23-25H,10-11,13-18H2,1H3. The van der Waals surface area contributed by atoms with Crippen molar-refractivity contribution in [1.29, 1.82) is 5.26 Å². The van der Waals surface area contributed by atoms with Gasteiger partial charge in [-0.3, -0.25) is 9.80 Å². The number of sulfonamides is 1. The van der Waals surface area contributed by atoms with Gasteiger partial charge in [-0.25, -0.2) is 8.42 Å². The zero-order chi connectivity index (χ0) is 25.7. The molecule has 2 heterocycles. The molecule has 2 unspecified atom stereocenters. The highest BCUT2D eigenvalue weighted by Crippen LogP contribution is 2.22. The molecule has 2 saturated heterocycles. The fourth-order valence-corrected chi connectivity index (χ4v) is 5.51. The van der Waals surface area contributed by atoms with Crippen molar-refractivity contribution in [3.8, 4) is 11.8 Å². The van der Waals surface area contributed by atoms with Crippen molar-refractivity contribution in [1.82, 2.24) is 14.1 Å². The molecule has 194 valence electrons. The Morgan fingerprint density at radius 3 is 2.17 bits per heavy atom. The Bertz CT molecular complexity index is 1140. The van der Waals surface area contributed by atoms with E-state index < -0.39 is 16.6 Å². The maximum atomic E-state index is 12.4. The first-order chi connectivity index (χ1) is 17.2. The highest BCUT2D eigenvalue weighted by Gasteiger charge is 2.35. The van der Waals surface area contributed by atoms with E-state index in [0.717, 1.165) is 38.3 Å². The highest BCUT2D eigenvalue weighted by atomic mass is 32.2. The molecule has 0 saturated carbocycles. The summed E-state index contributed by atoms with van der Waals surface area (Å²) in [5.74, 6) is 0.0349. The summed E-state index contributed by atoms with van der Waals surface area (Å²) < 4.78 is 61.4. The third kappa shape index (κ3) is 7.44. The molecular weight excluding hydrogens is 490 g/mol. The van der Waals surface area contributed by atoms with E-state index in [-0.39, 0.29) is 24.5 Å². The van der Waals surface area contributed by atoms with Crippen LogP contribution >= 0.6 is 0 Å². The summed E-state index contributed by atoms with van der Waals surface area (Å²) in [4.78, 5) is 4.61. The van der Waals surface area contributed by atoms with Gasteiger partial charge in [-0.1, -0.05) is 24.3 Å². The predicted molar refractivity (Wildman–Crippen MR) is 130 cm³/mol. The van der Waals surface area contributed by atoms with Gasteiger partial charge in [-0.15, -0.1) is 0 Å². The topological polar surface area (TPSA) is 86.1 Å². The first-order valence-electron chi connectivity index (χ1n) is 11.8. The van der Waals surface area contributed by atoms with Gasteiger partial charge in [0, 0.05) is 52.4 Å². The van der Waals surface area contributed by atoms with Gasteiger partial charge in [-0.2, -0.15) is 18.3 Å². The number of halogens is 2. The molecule has 2 aliphatic rings. The molecule has 8 nitrogen and oxygen atoms in total. The Morgan fingerprint density at radius 1 is 1.03 bits per heavy atom. The van der Waals surface area contributed by atoms with E-state index in [1.807, 2.05) is 24.3 Å². The lowest BCUT2D eigenvalue weighted by molar-refractivity contribution is -0.140. The van der Waals surface area contributed by atoms with Crippen LogP contribution < -0.4 is 4.74 Å². The Labute approximate surface area is 210 Å². The Hall–Kier alpha value is -2.62. The molecule has 0 aromatic heterocycles. The molecule has 2 aromatic rings. The first-order valence-corrected chi connectivity index (χ1v) is 13.6. The average Bonchev–Trinajstić information content (AvgIpc) is 2.81. The molecule has 0 amide bonds. The minimum absolute atomic E-state index is 0.0349. The Balaban J connectivity index is 1.29. The zero-order valence-corrected chi connectivity index (χ0v) is 20.9. The van der Waals surface area contributed by atoms with Crippen LogP contribution in [-0.2, 0) is 27.8 Å². The van der Waals surface area contributed by atoms with Crippen LogP contribution in [0.15, 0.2) is 48.5 Å². The maximum absolute atomic E-state index is 12.4. The molecule has 36 heavy (non-hydrogen) atoms. The minimum atomic E-state index is -3.46. The number of morpholine rings is 2. The van der Waals surface area contributed by atoms with Gasteiger partial charge >= 0.3 is 6.61 Å². The minimum Gasteiger partial charge on any atom is -0.435 e. The first kappa shape index (κ1) is 26.4. The molecular formula is C25H30F2N4O4S. The van der Waals surface area contributed by atoms with Gasteiger partial charge in [0.05, 0.1) is 30.1 Å². The number of ether oxygens (including phenoxy) is 2. The van der Waals surface area contributed by atoms with E-state index in [1.54, 1.807) is 12.1 Å². The lowest BCUT2D eigenvalue weighted by Crippen LogP contribution is -2.59. The van der Waals surface area contributed by atoms with Crippen molar-refractivity contribution >= 4 is 10.0 Å². The van der Waals surface area contributed by atoms with Crippen molar-refractivity contribution in [2.24, 2.45) is 0 Å². The third-order valence-electron chi connectivity index (χ3n) is 6.36. The molecule has 2 fully saturated rings. The second-order valence-corrected chi connectivity index (χ2v) is 11.2. The molecule has 11 heteroatoms. The second-order valence-electron chi connectivity index (χ2n) is 9.26. The summed E-state index contributed by atoms with van der Waals surface area (Å²) in [7, 11) is -3.46. The molecule has 2 aromatic carbocycles. The fraction of sp³-hybridized carbons (Fsp3) is 0.480. The van der Waals surface area contributed by atoms with E-state index in [0.29, 0.717) is 24.2 Å². The average molecular weight is 521 g/mol. The Kier molecular flexibility index (Phi) is 8.54. The largest absolute Gasteiger partial charge is 0.435 e. The normalized spacial score (nSPS) is 21.0. The van der Waals surface area contributed by atoms with E-state index in [2.05, 4.69) is 20.6 Å². The van der Waals surface area contributed by atoms with Crippen LogP contribution in [0, 0.1) is 11.3 Å². The van der Waals surface area contributed by atoms with Gasteiger partial charge in [0.1, 0.15) is 5.75 Å². The number of benzene rings is 2. The third-order valence-corrected chi connectivity index (χ3v) is 7.61. The van der Waals surface area contributed by atoms with Crippen LogP contribution in [0.5, 0.6) is 5.75 Å². The fourth-order valence-electron chi connectivity index (χ4n) is 4.71. The van der Waals surface area contributed by atoms with Crippen molar-refractivity contribution in [2.45, 2.75) is 31.9 Å². The number of alkyl halides is 2. The molecule has 4 rings (SSSR count). The van der Waals surface area contributed by atoms with Crippen molar-refractivity contribution in [3.63, 3.8) is 0 Å². The van der Waals surface area contributed by atoms with Crippen LogP contribution in [0.1, 0.15) is 16.7 Å². The van der Waals surface area contributed by atoms with Crippen LogP contribution in [-0.4, -0.2) is 86.9 Å². The Morgan fingerprint density at radius 2 is 1.61 bits per heavy atom. The van der Waals surface area contributed by atoms with Gasteiger partial charge in [0.15, 0.2) is 0 Å². The van der Waals surface area contributed by atoms with Crippen molar-refractivity contribution < 1.29 is 26.7 Å². The van der Waals surface area contributed by atoms with Crippen LogP contribution in [0.2, 0.25) is 0 Å². The molecule has 2 bridgehead atoms. The summed E-state index contributed by atoms with van der Waals surface area (Å²) >= 11 is 0. The van der Waals surface area contributed by atoms with Crippen molar-refractivity contribution in [2.75, 3.05) is 45.5 Å². The van der Waals surface area contributed by atoms with Crippen LogP contribution in [0.25, 0.3) is 0 Å². The monoisotopic (exact) mass is 520 g/mol. The van der Waals surface area contributed by atoms with Gasteiger partial charge in [-0.05, 0) is 35.4 Å². The lowest BCUT2D eigenvalue weighted by atomic mass is 10.1. The molecule has 0 radical (unpaired) electrons. The summed E-state index contributed by atoms with van der Waals surface area (Å²) in [6.45, 7) is 1.96. The lowest BCUT2D eigenvalue weighted by Gasteiger charge is -2.46. The predicted octanol–water partition coefficient (Wildman–Crippen LogP) is 2.51. The second kappa shape index (κ2) is 11.6. The smallest absolute Gasteiger partial charge is 0.387 e. The maximum Gasteiger partial charge on any atom is 0.387 e. The summed E-state index contributed by atoms with van der Waals surface area (Å²) in [6.07, 6.45) is 1.27.